The Kier molecular flexibility index (Phi) is 4.95. The quantitative estimate of drug-likeness (QED) is 0.896. The maximum Gasteiger partial charge on any atom is 0.252 e. The van der Waals surface area contributed by atoms with Crippen LogP contribution in [0.25, 0.3) is 0 Å². The summed E-state index contributed by atoms with van der Waals surface area (Å²) in [5, 5.41) is 7.12. The average Bonchev–Trinajstić information content (AvgIpc) is 2.40. The van der Waals surface area contributed by atoms with Crippen molar-refractivity contribution in [3.63, 3.8) is 0 Å². The van der Waals surface area contributed by atoms with Gasteiger partial charge in [-0.25, -0.2) is 0 Å². The molecule has 1 fully saturated rings. The van der Waals surface area contributed by atoms with Crippen LogP contribution in [0.1, 0.15) is 37.0 Å². The van der Waals surface area contributed by atoms with Gasteiger partial charge in [0, 0.05) is 12.6 Å². The zero-order valence-electron chi connectivity index (χ0n) is 11.8. The summed E-state index contributed by atoms with van der Waals surface area (Å²) < 4.78 is 0. The summed E-state index contributed by atoms with van der Waals surface area (Å²) in [6.07, 6.45) is 2.34. The lowest BCUT2D eigenvalue weighted by atomic mass is 9.77. The Morgan fingerprint density at radius 3 is 2.90 bits per heavy atom. The lowest BCUT2D eigenvalue weighted by Gasteiger charge is -2.39. The molecule has 1 aliphatic heterocycles. The minimum absolute atomic E-state index is 0.180. The summed E-state index contributed by atoms with van der Waals surface area (Å²) in [5.74, 6) is -0.180. The molecule has 1 amide bonds. The van der Waals surface area contributed by atoms with E-state index in [9.17, 15) is 4.79 Å². The third kappa shape index (κ3) is 3.46. The number of benzene rings is 1. The van der Waals surface area contributed by atoms with Gasteiger partial charge in [0.1, 0.15) is 0 Å². The number of piperidine rings is 1. The van der Waals surface area contributed by atoms with Crippen LogP contribution in [0.15, 0.2) is 18.2 Å². The maximum absolute atomic E-state index is 12.2. The lowest BCUT2D eigenvalue weighted by Crippen LogP contribution is -2.52. The van der Waals surface area contributed by atoms with Crippen LogP contribution in [-0.4, -0.2) is 25.0 Å². The Balaban J connectivity index is 2.00. The van der Waals surface area contributed by atoms with Gasteiger partial charge < -0.3 is 10.6 Å². The van der Waals surface area contributed by atoms with Crippen molar-refractivity contribution in [1.29, 1.82) is 0 Å². The van der Waals surface area contributed by atoms with Crippen molar-refractivity contribution in [2.24, 2.45) is 5.41 Å². The molecular weight excluding hydrogens is 295 g/mol. The smallest absolute Gasteiger partial charge is 0.252 e. The first kappa shape index (κ1) is 15.6. The fourth-order valence-electron chi connectivity index (χ4n) is 2.59. The van der Waals surface area contributed by atoms with Gasteiger partial charge in [0.15, 0.2) is 0 Å². The Bertz CT molecular complexity index is 503. The highest BCUT2D eigenvalue weighted by atomic mass is 35.5. The van der Waals surface area contributed by atoms with E-state index in [-0.39, 0.29) is 17.4 Å². The van der Waals surface area contributed by atoms with Crippen molar-refractivity contribution < 1.29 is 4.79 Å². The predicted molar refractivity (Wildman–Crippen MR) is 83.6 cm³/mol. The largest absolute Gasteiger partial charge is 0.350 e. The first-order valence-corrected chi connectivity index (χ1v) is 7.63. The van der Waals surface area contributed by atoms with Crippen molar-refractivity contribution in [1.82, 2.24) is 10.6 Å². The van der Waals surface area contributed by atoms with Gasteiger partial charge >= 0.3 is 0 Å². The summed E-state index contributed by atoms with van der Waals surface area (Å²) >= 11 is 12.0. The molecule has 110 valence electrons. The first-order chi connectivity index (χ1) is 9.42. The summed E-state index contributed by atoms with van der Waals surface area (Å²) in [6, 6.07) is 5.36. The SMILES string of the molecule is CC1(C)CCCNC1CNC(=O)c1cccc(Cl)c1Cl. The fraction of sp³-hybridized carbons (Fsp3) is 0.533. The third-order valence-corrected chi connectivity index (χ3v) is 4.81. The number of carbonyl (C=O) groups is 1. The highest BCUT2D eigenvalue weighted by Gasteiger charge is 2.32. The van der Waals surface area contributed by atoms with E-state index in [0.717, 1.165) is 6.54 Å². The van der Waals surface area contributed by atoms with Gasteiger partial charge in [-0.3, -0.25) is 4.79 Å². The number of hydrogen-bond donors (Lipinski definition) is 2. The highest BCUT2D eigenvalue weighted by molar-refractivity contribution is 6.43. The van der Waals surface area contributed by atoms with Crippen molar-refractivity contribution >= 4 is 29.1 Å². The van der Waals surface area contributed by atoms with E-state index in [1.54, 1.807) is 18.2 Å². The van der Waals surface area contributed by atoms with Crippen molar-refractivity contribution in [3.8, 4) is 0 Å². The normalized spacial score (nSPS) is 21.5. The average molecular weight is 315 g/mol. The summed E-state index contributed by atoms with van der Waals surface area (Å²) in [5.41, 5.74) is 0.608. The standard InChI is InChI=1S/C15H20Cl2N2O/c1-15(2)7-4-8-18-12(15)9-19-14(20)10-5-3-6-11(16)13(10)17/h3,5-6,12,18H,4,7-9H2,1-2H3,(H,19,20). The molecule has 1 aliphatic rings. The molecule has 20 heavy (non-hydrogen) atoms. The molecule has 0 aliphatic carbocycles. The molecule has 0 spiro atoms. The number of carbonyl (C=O) groups excluding carboxylic acids is 1. The van der Waals surface area contributed by atoms with Gasteiger partial charge in [0.2, 0.25) is 0 Å². The second-order valence-electron chi connectivity index (χ2n) is 5.91. The molecule has 2 N–H and O–H groups in total. The van der Waals surface area contributed by atoms with E-state index in [1.165, 1.54) is 12.8 Å². The second-order valence-corrected chi connectivity index (χ2v) is 6.70. The molecule has 1 aromatic carbocycles. The zero-order valence-corrected chi connectivity index (χ0v) is 13.3. The third-order valence-electron chi connectivity index (χ3n) is 3.99. The van der Waals surface area contributed by atoms with Crippen molar-refractivity contribution in [2.75, 3.05) is 13.1 Å². The zero-order chi connectivity index (χ0) is 14.8. The van der Waals surface area contributed by atoms with Crippen LogP contribution < -0.4 is 10.6 Å². The van der Waals surface area contributed by atoms with E-state index >= 15 is 0 Å². The molecule has 0 bridgehead atoms. The van der Waals surface area contributed by atoms with E-state index in [1.807, 2.05) is 0 Å². The van der Waals surface area contributed by atoms with Gasteiger partial charge in [-0.05, 0) is 36.9 Å². The van der Waals surface area contributed by atoms with Crippen LogP contribution >= 0.6 is 23.2 Å². The molecule has 1 saturated heterocycles. The molecule has 1 aromatic rings. The van der Waals surface area contributed by atoms with Gasteiger partial charge in [0.05, 0.1) is 15.6 Å². The number of hydrogen-bond acceptors (Lipinski definition) is 2. The molecule has 0 saturated carbocycles. The van der Waals surface area contributed by atoms with Crippen molar-refractivity contribution in [3.05, 3.63) is 33.8 Å². The Labute approximate surface area is 130 Å². The van der Waals surface area contributed by atoms with E-state index in [4.69, 9.17) is 23.2 Å². The Morgan fingerprint density at radius 1 is 1.45 bits per heavy atom. The minimum Gasteiger partial charge on any atom is -0.350 e. The van der Waals surface area contributed by atoms with Crippen LogP contribution in [0.3, 0.4) is 0 Å². The molecule has 0 aromatic heterocycles. The topological polar surface area (TPSA) is 41.1 Å². The van der Waals surface area contributed by atoms with Crippen LogP contribution in [0.5, 0.6) is 0 Å². The van der Waals surface area contributed by atoms with E-state index < -0.39 is 0 Å². The van der Waals surface area contributed by atoms with Gasteiger partial charge in [-0.2, -0.15) is 0 Å². The molecule has 5 heteroatoms. The van der Waals surface area contributed by atoms with Crippen molar-refractivity contribution in [2.45, 2.75) is 32.7 Å². The summed E-state index contributed by atoms with van der Waals surface area (Å²) in [4.78, 5) is 12.2. The molecular formula is C15H20Cl2N2O. The fourth-order valence-corrected chi connectivity index (χ4v) is 2.97. The number of halogens is 2. The number of rotatable bonds is 3. The highest BCUT2D eigenvalue weighted by Crippen LogP contribution is 2.30. The lowest BCUT2D eigenvalue weighted by molar-refractivity contribution is 0.0929. The van der Waals surface area contributed by atoms with Crippen LogP contribution in [-0.2, 0) is 0 Å². The molecule has 1 atom stereocenters. The summed E-state index contributed by atoms with van der Waals surface area (Å²) in [7, 11) is 0. The molecule has 2 rings (SSSR count). The molecule has 0 radical (unpaired) electrons. The molecule has 3 nitrogen and oxygen atoms in total. The molecule has 1 heterocycles. The van der Waals surface area contributed by atoms with Gasteiger partial charge in [-0.15, -0.1) is 0 Å². The Hall–Kier alpha value is -0.770. The second kappa shape index (κ2) is 6.33. The molecule has 1 unspecified atom stereocenters. The minimum atomic E-state index is -0.180. The van der Waals surface area contributed by atoms with Gasteiger partial charge in [0.25, 0.3) is 5.91 Å². The summed E-state index contributed by atoms with van der Waals surface area (Å²) in [6.45, 7) is 6.04. The van der Waals surface area contributed by atoms with E-state index in [2.05, 4.69) is 24.5 Å². The first-order valence-electron chi connectivity index (χ1n) is 6.87. The Morgan fingerprint density at radius 2 is 2.20 bits per heavy atom. The monoisotopic (exact) mass is 314 g/mol. The van der Waals surface area contributed by atoms with E-state index in [0.29, 0.717) is 22.2 Å². The maximum atomic E-state index is 12.2. The number of nitrogens with one attached hydrogen (secondary N) is 2. The van der Waals surface area contributed by atoms with Crippen LogP contribution in [0.4, 0.5) is 0 Å². The predicted octanol–water partition coefficient (Wildman–Crippen LogP) is 3.50. The number of amides is 1. The van der Waals surface area contributed by atoms with Crippen LogP contribution in [0, 0.1) is 5.41 Å². The van der Waals surface area contributed by atoms with Gasteiger partial charge in [-0.1, -0.05) is 43.1 Å². The van der Waals surface area contributed by atoms with Crippen LogP contribution in [0.2, 0.25) is 10.0 Å².